The standard InChI is InChI=1S/C23H32N4O3/c1-23(2,30)15-16-8-12-27(13-9-16)22(29)20-24-18-7-6-17(14-19(18)25-20)21(28)26-10-4-3-5-11-26/h6-7,14,16,30H,3-5,8-13,15H2,1-2H3,(H,24,25). The lowest BCUT2D eigenvalue weighted by atomic mass is 9.86. The van der Waals surface area contributed by atoms with Gasteiger partial charge in [0.1, 0.15) is 0 Å². The van der Waals surface area contributed by atoms with Crippen molar-refractivity contribution in [2.45, 2.75) is 58.0 Å². The van der Waals surface area contributed by atoms with Crippen LogP contribution in [0.15, 0.2) is 18.2 Å². The number of aromatic nitrogens is 2. The summed E-state index contributed by atoms with van der Waals surface area (Å²) in [5, 5.41) is 10.0. The summed E-state index contributed by atoms with van der Waals surface area (Å²) in [6, 6.07) is 5.43. The molecule has 0 aliphatic carbocycles. The van der Waals surface area contributed by atoms with Crippen LogP contribution >= 0.6 is 0 Å². The highest BCUT2D eigenvalue weighted by atomic mass is 16.3. The smallest absolute Gasteiger partial charge is 0.289 e. The van der Waals surface area contributed by atoms with E-state index in [0.717, 1.165) is 50.7 Å². The lowest BCUT2D eigenvalue weighted by Crippen LogP contribution is -2.40. The van der Waals surface area contributed by atoms with Crippen LogP contribution in [0.4, 0.5) is 0 Å². The third kappa shape index (κ3) is 4.67. The number of amides is 2. The summed E-state index contributed by atoms with van der Waals surface area (Å²) in [7, 11) is 0. The van der Waals surface area contributed by atoms with Gasteiger partial charge in [-0.25, -0.2) is 4.98 Å². The van der Waals surface area contributed by atoms with E-state index in [1.807, 2.05) is 35.8 Å². The fourth-order valence-corrected chi connectivity index (χ4v) is 4.72. The van der Waals surface area contributed by atoms with Crippen LogP contribution in [-0.4, -0.2) is 68.5 Å². The molecule has 0 radical (unpaired) electrons. The minimum Gasteiger partial charge on any atom is -0.390 e. The van der Waals surface area contributed by atoms with Crippen LogP contribution in [0.25, 0.3) is 11.0 Å². The maximum absolute atomic E-state index is 12.9. The Kier molecular flexibility index (Phi) is 5.82. The summed E-state index contributed by atoms with van der Waals surface area (Å²) >= 11 is 0. The number of nitrogens with zero attached hydrogens (tertiary/aromatic N) is 3. The number of benzene rings is 1. The first-order valence-corrected chi connectivity index (χ1v) is 11.1. The summed E-state index contributed by atoms with van der Waals surface area (Å²) in [5.41, 5.74) is 1.39. The maximum Gasteiger partial charge on any atom is 0.289 e. The highest BCUT2D eigenvalue weighted by Crippen LogP contribution is 2.27. The van der Waals surface area contributed by atoms with Crippen molar-refractivity contribution in [3.63, 3.8) is 0 Å². The third-order valence-corrected chi connectivity index (χ3v) is 6.26. The van der Waals surface area contributed by atoms with Crippen molar-refractivity contribution in [1.82, 2.24) is 19.8 Å². The fourth-order valence-electron chi connectivity index (χ4n) is 4.72. The van der Waals surface area contributed by atoms with Crippen LogP contribution in [0.3, 0.4) is 0 Å². The van der Waals surface area contributed by atoms with Crippen molar-refractivity contribution < 1.29 is 14.7 Å². The molecule has 0 spiro atoms. The average molecular weight is 413 g/mol. The molecule has 0 saturated carbocycles. The number of carbonyl (C=O) groups excluding carboxylic acids is 2. The molecule has 2 N–H and O–H groups in total. The van der Waals surface area contributed by atoms with E-state index in [2.05, 4.69) is 9.97 Å². The number of hydrogen-bond donors (Lipinski definition) is 2. The lowest BCUT2D eigenvalue weighted by Gasteiger charge is -2.34. The van der Waals surface area contributed by atoms with Crippen molar-refractivity contribution in [2.24, 2.45) is 5.92 Å². The van der Waals surface area contributed by atoms with E-state index < -0.39 is 5.60 Å². The molecular weight excluding hydrogens is 380 g/mol. The average Bonchev–Trinajstić information content (AvgIpc) is 3.16. The van der Waals surface area contributed by atoms with Gasteiger partial charge in [0.2, 0.25) is 0 Å². The van der Waals surface area contributed by atoms with E-state index in [4.69, 9.17) is 0 Å². The number of nitrogens with one attached hydrogen (secondary N) is 1. The molecule has 2 fully saturated rings. The molecule has 7 nitrogen and oxygen atoms in total. The second-order valence-corrected chi connectivity index (χ2v) is 9.42. The Bertz CT molecular complexity index is 916. The zero-order valence-corrected chi connectivity index (χ0v) is 18.0. The Morgan fingerprint density at radius 3 is 2.40 bits per heavy atom. The van der Waals surface area contributed by atoms with E-state index in [1.165, 1.54) is 6.42 Å². The highest BCUT2D eigenvalue weighted by Gasteiger charge is 2.28. The summed E-state index contributed by atoms with van der Waals surface area (Å²) in [6.45, 7) is 6.65. The Morgan fingerprint density at radius 1 is 1.07 bits per heavy atom. The molecule has 7 heteroatoms. The molecule has 0 unspecified atom stereocenters. The molecular formula is C23H32N4O3. The molecule has 4 rings (SSSR count). The molecule has 2 amide bonds. The highest BCUT2D eigenvalue weighted by molar-refractivity contribution is 5.99. The van der Waals surface area contributed by atoms with Crippen LogP contribution in [0.1, 0.15) is 73.3 Å². The van der Waals surface area contributed by atoms with E-state index in [-0.39, 0.29) is 11.8 Å². The quantitative estimate of drug-likeness (QED) is 0.807. The normalized spacial score (nSPS) is 18.8. The SMILES string of the molecule is CC(C)(O)CC1CCN(C(=O)c2nc3ccc(C(=O)N4CCCCC4)cc3[nH]2)CC1. The van der Waals surface area contributed by atoms with Crippen molar-refractivity contribution in [3.8, 4) is 0 Å². The van der Waals surface area contributed by atoms with Gasteiger partial charge < -0.3 is 19.9 Å². The molecule has 0 bridgehead atoms. The molecule has 162 valence electrons. The summed E-state index contributed by atoms with van der Waals surface area (Å²) < 4.78 is 0. The van der Waals surface area contributed by atoms with Gasteiger partial charge in [0, 0.05) is 31.7 Å². The number of likely N-dealkylation sites (tertiary alicyclic amines) is 2. The van der Waals surface area contributed by atoms with Crippen molar-refractivity contribution in [3.05, 3.63) is 29.6 Å². The molecule has 2 aliphatic rings. The van der Waals surface area contributed by atoms with Gasteiger partial charge in [-0.2, -0.15) is 0 Å². The van der Waals surface area contributed by atoms with Gasteiger partial charge in [-0.05, 0) is 76.5 Å². The molecule has 2 aromatic rings. The van der Waals surface area contributed by atoms with E-state index in [1.54, 1.807) is 6.07 Å². The number of aromatic amines is 1. The number of hydrogen-bond acceptors (Lipinski definition) is 4. The number of imidazole rings is 1. The number of carbonyl (C=O) groups is 2. The number of piperidine rings is 2. The van der Waals surface area contributed by atoms with Crippen molar-refractivity contribution in [1.29, 1.82) is 0 Å². The lowest BCUT2D eigenvalue weighted by molar-refractivity contribution is 0.0355. The van der Waals surface area contributed by atoms with E-state index in [0.29, 0.717) is 35.9 Å². The van der Waals surface area contributed by atoms with Crippen LogP contribution < -0.4 is 0 Å². The first-order chi connectivity index (χ1) is 14.3. The predicted molar refractivity (Wildman–Crippen MR) is 115 cm³/mol. The maximum atomic E-state index is 12.9. The fraction of sp³-hybridized carbons (Fsp3) is 0.609. The second-order valence-electron chi connectivity index (χ2n) is 9.42. The Hall–Kier alpha value is -2.41. The van der Waals surface area contributed by atoms with Gasteiger partial charge in [0.25, 0.3) is 11.8 Å². The largest absolute Gasteiger partial charge is 0.390 e. The van der Waals surface area contributed by atoms with Crippen LogP contribution in [0.5, 0.6) is 0 Å². The zero-order chi connectivity index (χ0) is 21.3. The molecule has 1 aromatic heterocycles. The van der Waals surface area contributed by atoms with Crippen LogP contribution in [-0.2, 0) is 0 Å². The predicted octanol–water partition coefficient (Wildman–Crippen LogP) is 3.20. The van der Waals surface area contributed by atoms with Crippen LogP contribution in [0, 0.1) is 5.92 Å². The van der Waals surface area contributed by atoms with Gasteiger partial charge in [-0.1, -0.05) is 0 Å². The number of aliphatic hydroxyl groups is 1. The summed E-state index contributed by atoms with van der Waals surface area (Å²) in [4.78, 5) is 37.0. The molecule has 2 saturated heterocycles. The van der Waals surface area contributed by atoms with Crippen LogP contribution in [0.2, 0.25) is 0 Å². The van der Waals surface area contributed by atoms with E-state index in [9.17, 15) is 14.7 Å². The van der Waals surface area contributed by atoms with Gasteiger partial charge in [0.15, 0.2) is 5.82 Å². The summed E-state index contributed by atoms with van der Waals surface area (Å²) in [6.07, 6.45) is 5.85. The Morgan fingerprint density at radius 2 is 1.73 bits per heavy atom. The monoisotopic (exact) mass is 412 g/mol. The summed E-state index contributed by atoms with van der Waals surface area (Å²) in [5.74, 6) is 0.714. The number of fused-ring (bicyclic) bond motifs is 1. The van der Waals surface area contributed by atoms with Crippen molar-refractivity contribution in [2.75, 3.05) is 26.2 Å². The molecule has 0 atom stereocenters. The topological polar surface area (TPSA) is 89.5 Å². The first kappa shape index (κ1) is 20.8. The van der Waals surface area contributed by atoms with Gasteiger partial charge in [-0.3, -0.25) is 9.59 Å². The minimum atomic E-state index is -0.668. The van der Waals surface area contributed by atoms with Gasteiger partial charge in [-0.15, -0.1) is 0 Å². The Balaban J connectivity index is 1.43. The number of rotatable bonds is 4. The van der Waals surface area contributed by atoms with Gasteiger partial charge >= 0.3 is 0 Å². The first-order valence-electron chi connectivity index (χ1n) is 11.1. The van der Waals surface area contributed by atoms with E-state index >= 15 is 0 Å². The third-order valence-electron chi connectivity index (χ3n) is 6.26. The zero-order valence-electron chi connectivity index (χ0n) is 18.0. The van der Waals surface area contributed by atoms with Gasteiger partial charge in [0.05, 0.1) is 16.6 Å². The molecule has 2 aliphatic heterocycles. The Labute approximate surface area is 177 Å². The number of H-pyrrole nitrogens is 1. The van der Waals surface area contributed by atoms with Crippen molar-refractivity contribution >= 4 is 22.8 Å². The molecule has 30 heavy (non-hydrogen) atoms. The minimum absolute atomic E-state index is 0.0490. The second kappa shape index (κ2) is 8.38. The molecule has 1 aromatic carbocycles. The molecule has 3 heterocycles.